The fourth-order valence-corrected chi connectivity index (χ4v) is 0.683. The molecule has 0 aliphatic heterocycles. The van der Waals surface area contributed by atoms with Gasteiger partial charge in [-0.3, -0.25) is 0 Å². The van der Waals surface area contributed by atoms with E-state index in [4.69, 9.17) is 10.2 Å². The third-order valence-corrected chi connectivity index (χ3v) is 1.14. The fourth-order valence-electron chi connectivity index (χ4n) is 0.683. The van der Waals surface area contributed by atoms with Crippen molar-refractivity contribution in [1.29, 1.82) is 0 Å². The van der Waals surface area contributed by atoms with E-state index in [0.717, 1.165) is 0 Å². The van der Waals surface area contributed by atoms with Crippen LogP contribution in [0.3, 0.4) is 0 Å². The van der Waals surface area contributed by atoms with Gasteiger partial charge in [0.1, 0.15) is 12.4 Å². The maximum absolute atomic E-state index is 11.6. The van der Waals surface area contributed by atoms with Crippen LogP contribution in [-0.4, -0.2) is 18.2 Å². The molecule has 1 heterocycles. The van der Waals surface area contributed by atoms with Crippen molar-refractivity contribution in [1.82, 2.24) is 10.3 Å². The topological polar surface area (TPSA) is 64.1 Å². The molecule has 0 bridgehead atoms. The van der Waals surface area contributed by atoms with Gasteiger partial charge in [0, 0.05) is 6.54 Å². The first-order valence-corrected chi connectivity index (χ1v) is 3.30. The number of hydrogen-bond acceptors (Lipinski definition) is 4. The Labute approximate surface area is 63.6 Å². The number of nitrogens with two attached hydrogens (primary N) is 1. The Morgan fingerprint density at radius 3 is 3.09 bits per heavy atom. The predicted molar refractivity (Wildman–Crippen MR) is 38.6 cm³/mol. The molecule has 1 aromatic heterocycles. The lowest BCUT2D eigenvalue weighted by Crippen LogP contribution is -2.15. The highest BCUT2D eigenvalue weighted by molar-refractivity contribution is 5.10. The molecule has 0 amide bonds. The molecule has 4 nitrogen and oxygen atoms in total. The Kier molecular flexibility index (Phi) is 2.85. The zero-order chi connectivity index (χ0) is 8.10. The fraction of sp³-hybridized carbons (Fsp3) is 0.500. The summed E-state index contributed by atoms with van der Waals surface area (Å²) >= 11 is 0. The van der Waals surface area contributed by atoms with Crippen molar-refractivity contribution in [3.8, 4) is 0 Å². The first-order valence-electron chi connectivity index (χ1n) is 3.30. The van der Waals surface area contributed by atoms with Crippen molar-refractivity contribution in [2.45, 2.75) is 6.54 Å². The van der Waals surface area contributed by atoms with Crippen molar-refractivity contribution in [2.75, 3.05) is 19.0 Å². The molecule has 0 aliphatic carbocycles. The summed E-state index contributed by atoms with van der Waals surface area (Å²) in [6.07, 6.45) is 1.51. The monoisotopic (exact) mass is 159 g/mol. The minimum Gasteiger partial charge on any atom is -0.428 e. The molecule has 0 saturated heterocycles. The molecule has 5 heteroatoms. The molecule has 0 spiro atoms. The van der Waals surface area contributed by atoms with Crippen molar-refractivity contribution < 1.29 is 8.81 Å². The lowest BCUT2D eigenvalue weighted by molar-refractivity contribution is 0.443. The highest BCUT2D eigenvalue weighted by Gasteiger charge is 1.97. The summed E-state index contributed by atoms with van der Waals surface area (Å²) in [6, 6.07) is 0.141. The third-order valence-electron chi connectivity index (χ3n) is 1.14. The summed E-state index contributed by atoms with van der Waals surface area (Å²) in [5.41, 5.74) is 5.20. The van der Waals surface area contributed by atoms with E-state index in [1.807, 2.05) is 0 Å². The zero-order valence-corrected chi connectivity index (χ0v) is 6.01. The van der Waals surface area contributed by atoms with E-state index in [1.54, 1.807) is 0 Å². The summed E-state index contributed by atoms with van der Waals surface area (Å²) in [7, 11) is 0. The van der Waals surface area contributed by atoms with Crippen molar-refractivity contribution in [3.05, 3.63) is 12.0 Å². The van der Waals surface area contributed by atoms with Crippen LogP contribution >= 0.6 is 0 Å². The van der Waals surface area contributed by atoms with Gasteiger partial charge in [-0.05, 0) is 0 Å². The standard InChI is InChI=1S/C6H10FN3O/c7-1-2-9-3-5-4-10-6(8)11-5/h4,9H,1-3H2,(H2,8,10). The number of nitrogens with zero attached hydrogens (tertiary/aromatic N) is 1. The van der Waals surface area contributed by atoms with Crippen LogP contribution in [0, 0.1) is 0 Å². The van der Waals surface area contributed by atoms with Gasteiger partial charge in [0.05, 0.1) is 12.7 Å². The van der Waals surface area contributed by atoms with Crippen LogP contribution < -0.4 is 11.1 Å². The maximum atomic E-state index is 11.6. The number of anilines is 1. The van der Waals surface area contributed by atoms with Gasteiger partial charge in [-0.2, -0.15) is 0 Å². The minimum absolute atomic E-state index is 0.141. The van der Waals surface area contributed by atoms with Crippen LogP contribution in [0.1, 0.15) is 5.76 Å². The van der Waals surface area contributed by atoms with E-state index in [2.05, 4.69) is 10.3 Å². The lowest BCUT2D eigenvalue weighted by Gasteiger charge is -1.95. The molecule has 11 heavy (non-hydrogen) atoms. The molecule has 3 N–H and O–H groups in total. The van der Waals surface area contributed by atoms with Gasteiger partial charge in [0.15, 0.2) is 0 Å². The van der Waals surface area contributed by atoms with Gasteiger partial charge < -0.3 is 15.5 Å². The number of halogens is 1. The number of nitrogen functional groups attached to an aromatic ring is 1. The van der Waals surface area contributed by atoms with E-state index < -0.39 is 0 Å². The summed E-state index contributed by atoms with van der Waals surface area (Å²) < 4.78 is 16.5. The molecule has 0 aliphatic rings. The first kappa shape index (κ1) is 8.00. The van der Waals surface area contributed by atoms with Gasteiger partial charge in [0.2, 0.25) is 0 Å². The normalized spacial score (nSPS) is 10.3. The van der Waals surface area contributed by atoms with Crippen LogP contribution in [0.2, 0.25) is 0 Å². The molecule has 62 valence electrons. The molecule has 0 saturated carbocycles. The largest absolute Gasteiger partial charge is 0.428 e. The average molecular weight is 159 g/mol. The summed E-state index contributed by atoms with van der Waals surface area (Å²) in [5.74, 6) is 0.621. The summed E-state index contributed by atoms with van der Waals surface area (Å²) in [5, 5.41) is 2.80. The summed E-state index contributed by atoms with van der Waals surface area (Å²) in [6.45, 7) is 0.401. The van der Waals surface area contributed by atoms with Crippen molar-refractivity contribution in [2.24, 2.45) is 0 Å². The molecular weight excluding hydrogens is 149 g/mol. The van der Waals surface area contributed by atoms with E-state index in [-0.39, 0.29) is 12.7 Å². The molecule has 0 fully saturated rings. The van der Waals surface area contributed by atoms with Gasteiger partial charge in [-0.15, -0.1) is 0 Å². The molecule has 0 atom stereocenters. The average Bonchev–Trinajstić information content (AvgIpc) is 2.37. The molecule has 1 rings (SSSR count). The molecule has 1 aromatic rings. The molecule has 0 aromatic carbocycles. The Hall–Kier alpha value is -1.10. The van der Waals surface area contributed by atoms with E-state index >= 15 is 0 Å². The van der Waals surface area contributed by atoms with Gasteiger partial charge in [-0.25, -0.2) is 9.37 Å². The Bertz CT molecular complexity index is 213. The van der Waals surface area contributed by atoms with Gasteiger partial charge >= 0.3 is 0 Å². The Morgan fingerprint density at radius 2 is 2.55 bits per heavy atom. The van der Waals surface area contributed by atoms with Crippen LogP contribution in [0.5, 0.6) is 0 Å². The highest BCUT2D eigenvalue weighted by Crippen LogP contribution is 2.02. The van der Waals surface area contributed by atoms with E-state index in [1.165, 1.54) is 6.20 Å². The highest BCUT2D eigenvalue weighted by atomic mass is 19.1. The van der Waals surface area contributed by atoms with Crippen LogP contribution in [-0.2, 0) is 6.54 Å². The predicted octanol–water partition coefficient (Wildman–Crippen LogP) is 0.316. The second-order valence-electron chi connectivity index (χ2n) is 2.03. The second kappa shape index (κ2) is 3.92. The summed E-state index contributed by atoms with van der Waals surface area (Å²) in [4.78, 5) is 3.67. The molecular formula is C6H10FN3O. The first-order chi connectivity index (χ1) is 5.33. The van der Waals surface area contributed by atoms with Crippen LogP contribution in [0.4, 0.5) is 10.4 Å². The maximum Gasteiger partial charge on any atom is 0.292 e. The Balaban J connectivity index is 2.27. The third kappa shape index (κ3) is 2.55. The zero-order valence-electron chi connectivity index (χ0n) is 6.01. The van der Waals surface area contributed by atoms with E-state index in [0.29, 0.717) is 18.8 Å². The quantitative estimate of drug-likeness (QED) is 0.621. The Morgan fingerprint density at radius 1 is 1.73 bits per heavy atom. The number of rotatable bonds is 4. The second-order valence-corrected chi connectivity index (χ2v) is 2.03. The number of aromatic nitrogens is 1. The number of alkyl halides is 1. The van der Waals surface area contributed by atoms with Gasteiger partial charge in [-0.1, -0.05) is 0 Å². The smallest absolute Gasteiger partial charge is 0.292 e. The van der Waals surface area contributed by atoms with Crippen LogP contribution in [0.15, 0.2) is 10.6 Å². The minimum atomic E-state index is -0.385. The lowest BCUT2D eigenvalue weighted by atomic mass is 10.5. The van der Waals surface area contributed by atoms with E-state index in [9.17, 15) is 4.39 Å². The van der Waals surface area contributed by atoms with Crippen molar-refractivity contribution in [3.63, 3.8) is 0 Å². The number of oxazole rings is 1. The SMILES string of the molecule is Nc1ncc(CNCCF)o1. The van der Waals surface area contributed by atoms with Gasteiger partial charge in [0.25, 0.3) is 6.01 Å². The number of nitrogens with one attached hydrogen (secondary N) is 1. The molecule has 0 radical (unpaired) electrons. The number of hydrogen-bond donors (Lipinski definition) is 2. The van der Waals surface area contributed by atoms with Crippen LogP contribution in [0.25, 0.3) is 0 Å². The van der Waals surface area contributed by atoms with Crippen molar-refractivity contribution >= 4 is 6.01 Å². The molecule has 0 unspecified atom stereocenters.